The molecule has 56 heavy (non-hydrogen) atoms. The van der Waals surface area contributed by atoms with Crippen LogP contribution in [0.5, 0.6) is 0 Å². The first-order valence-electron chi connectivity index (χ1n) is 23.8. The average Bonchev–Trinajstić information content (AvgIpc) is 3.20. The SMILES string of the molecule is CCCCCCCCCCCCCCCCCCCCCCC(=O)N[C@@H](CO[C@@H]1O[C@H](CO)[C@H](O)C(O)C1O)[C@H](O)[C@H](O)CCCCCCCCCCCCC. The van der Waals surface area contributed by atoms with Crippen LogP contribution in [0.15, 0.2) is 0 Å². The summed E-state index contributed by atoms with van der Waals surface area (Å²) in [6.07, 6.45) is 29.7. The molecule has 0 radical (unpaired) electrons. The van der Waals surface area contributed by atoms with Crippen LogP contribution >= 0.6 is 0 Å². The number of rotatable bonds is 40. The number of unbranched alkanes of at least 4 members (excludes halogenated alkanes) is 29. The third-order valence-electron chi connectivity index (χ3n) is 11.8. The quantitative estimate of drug-likeness (QED) is 0.0299. The first-order valence-corrected chi connectivity index (χ1v) is 23.8. The molecule has 8 atom stereocenters. The van der Waals surface area contributed by atoms with Gasteiger partial charge in [0, 0.05) is 6.42 Å². The van der Waals surface area contributed by atoms with Crippen molar-refractivity contribution in [1.29, 1.82) is 0 Å². The molecule has 0 aromatic heterocycles. The Morgan fingerprint density at radius 2 is 0.929 bits per heavy atom. The average molecular weight is 802 g/mol. The van der Waals surface area contributed by atoms with Crippen molar-refractivity contribution >= 4 is 5.91 Å². The highest BCUT2D eigenvalue weighted by atomic mass is 16.7. The van der Waals surface area contributed by atoms with Crippen LogP contribution in [0, 0.1) is 0 Å². The fourth-order valence-corrected chi connectivity index (χ4v) is 7.91. The van der Waals surface area contributed by atoms with Gasteiger partial charge in [0.25, 0.3) is 0 Å². The molecule has 1 amide bonds. The zero-order chi connectivity index (χ0) is 41.1. The van der Waals surface area contributed by atoms with Gasteiger partial charge in [0.15, 0.2) is 6.29 Å². The van der Waals surface area contributed by atoms with Crippen molar-refractivity contribution in [1.82, 2.24) is 5.32 Å². The molecule has 0 aromatic rings. The number of amides is 1. The van der Waals surface area contributed by atoms with Crippen LogP contribution in [0.1, 0.15) is 226 Å². The molecule has 1 fully saturated rings. The summed E-state index contributed by atoms with van der Waals surface area (Å²) in [6, 6.07) is -0.984. The molecule has 1 heterocycles. The largest absolute Gasteiger partial charge is 0.394 e. The Kier molecular flexibility index (Phi) is 35.3. The van der Waals surface area contributed by atoms with Gasteiger partial charge in [0.1, 0.15) is 30.5 Å². The summed E-state index contributed by atoms with van der Waals surface area (Å²) < 4.78 is 11.2. The van der Waals surface area contributed by atoms with Crippen molar-refractivity contribution < 1.29 is 44.9 Å². The normalized spacial score (nSPS) is 21.6. The van der Waals surface area contributed by atoms with E-state index >= 15 is 0 Å². The van der Waals surface area contributed by atoms with Gasteiger partial charge >= 0.3 is 0 Å². The zero-order valence-corrected chi connectivity index (χ0v) is 36.3. The predicted molar refractivity (Wildman–Crippen MR) is 227 cm³/mol. The third-order valence-corrected chi connectivity index (χ3v) is 11.8. The topological polar surface area (TPSA) is 169 Å². The van der Waals surface area contributed by atoms with E-state index in [9.17, 15) is 35.4 Å². The van der Waals surface area contributed by atoms with Gasteiger partial charge in [-0.15, -0.1) is 0 Å². The fourth-order valence-electron chi connectivity index (χ4n) is 7.91. The van der Waals surface area contributed by atoms with Crippen LogP contribution in [-0.4, -0.2) is 98.7 Å². The maximum atomic E-state index is 13.0. The van der Waals surface area contributed by atoms with Gasteiger partial charge in [-0.05, 0) is 12.8 Å². The van der Waals surface area contributed by atoms with Gasteiger partial charge in [-0.3, -0.25) is 4.79 Å². The molecular weight excluding hydrogens is 711 g/mol. The highest BCUT2D eigenvalue weighted by Gasteiger charge is 2.44. The Hall–Kier alpha value is -0.850. The smallest absolute Gasteiger partial charge is 0.220 e. The van der Waals surface area contributed by atoms with Crippen molar-refractivity contribution in [2.75, 3.05) is 13.2 Å². The molecule has 334 valence electrons. The van der Waals surface area contributed by atoms with Crippen LogP contribution in [-0.2, 0) is 14.3 Å². The van der Waals surface area contributed by atoms with Gasteiger partial charge in [-0.2, -0.15) is 0 Å². The van der Waals surface area contributed by atoms with Gasteiger partial charge in [0.05, 0.1) is 25.4 Å². The van der Waals surface area contributed by atoms with Gasteiger partial charge in [-0.1, -0.05) is 206 Å². The maximum absolute atomic E-state index is 13.0. The molecule has 10 nitrogen and oxygen atoms in total. The summed E-state index contributed by atoms with van der Waals surface area (Å²) in [4.78, 5) is 13.0. The predicted octanol–water partition coefficient (Wildman–Crippen LogP) is 8.92. The first-order chi connectivity index (χ1) is 27.3. The number of carbonyl (C=O) groups excluding carboxylic acids is 1. The number of hydrogen-bond donors (Lipinski definition) is 7. The summed E-state index contributed by atoms with van der Waals surface area (Å²) in [5.74, 6) is -0.254. The Morgan fingerprint density at radius 1 is 0.554 bits per heavy atom. The monoisotopic (exact) mass is 802 g/mol. The molecule has 1 rings (SSSR count). The second kappa shape index (κ2) is 37.2. The first kappa shape index (κ1) is 53.2. The summed E-state index contributed by atoms with van der Waals surface area (Å²) in [6.45, 7) is 3.61. The lowest BCUT2D eigenvalue weighted by Gasteiger charge is -2.40. The molecule has 0 aromatic carbocycles. The molecule has 0 bridgehead atoms. The van der Waals surface area contributed by atoms with E-state index < -0.39 is 55.6 Å². The van der Waals surface area contributed by atoms with Crippen LogP contribution < -0.4 is 5.32 Å². The summed E-state index contributed by atoms with van der Waals surface area (Å²) in [5, 5.41) is 65.1. The van der Waals surface area contributed by atoms with E-state index in [0.29, 0.717) is 6.42 Å². The highest BCUT2D eigenvalue weighted by molar-refractivity contribution is 5.76. The van der Waals surface area contributed by atoms with Crippen LogP contribution in [0.2, 0.25) is 0 Å². The Bertz CT molecular complexity index is 864. The van der Waals surface area contributed by atoms with E-state index in [1.54, 1.807) is 0 Å². The Morgan fingerprint density at radius 3 is 1.32 bits per heavy atom. The molecule has 0 spiro atoms. The highest BCUT2D eigenvalue weighted by Crippen LogP contribution is 2.23. The molecule has 0 aliphatic carbocycles. The minimum absolute atomic E-state index is 0.254. The number of hydrogen-bond acceptors (Lipinski definition) is 9. The van der Waals surface area contributed by atoms with Crippen LogP contribution in [0.3, 0.4) is 0 Å². The molecule has 10 heteroatoms. The van der Waals surface area contributed by atoms with Crippen molar-refractivity contribution in [2.24, 2.45) is 0 Å². The van der Waals surface area contributed by atoms with Crippen LogP contribution in [0.25, 0.3) is 0 Å². The van der Waals surface area contributed by atoms with Gasteiger partial charge in [-0.25, -0.2) is 0 Å². The van der Waals surface area contributed by atoms with E-state index in [-0.39, 0.29) is 18.9 Å². The summed E-state index contributed by atoms with van der Waals surface area (Å²) >= 11 is 0. The van der Waals surface area contributed by atoms with Crippen molar-refractivity contribution in [3.8, 4) is 0 Å². The summed E-state index contributed by atoms with van der Waals surface area (Å²) in [5.41, 5.74) is 0. The second-order valence-corrected chi connectivity index (χ2v) is 17.1. The summed E-state index contributed by atoms with van der Waals surface area (Å²) in [7, 11) is 0. The molecule has 1 saturated heterocycles. The van der Waals surface area contributed by atoms with E-state index in [4.69, 9.17) is 9.47 Å². The number of aliphatic hydroxyl groups excluding tert-OH is 6. The van der Waals surface area contributed by atoms with Crippen molar-refractivity contribution in [2.45, 2.75) is 275 Å². The molecule has 1 aliphatic rings. The Labute approximate surface area is 343 Å². The fraction of sp³-hybridized carbons (Fsp3) is 0.978. The van der Waals surface area contributed by atoms with Gasteiger partial charge in [0.2, 0.25) is 5.91 Å². The van der Waals surface area contributed by atoms with E-state index in [1.165, 1.54) is 154 Å². The number of ether oxygens (including phenoxy) is 2. The van der Waals surface area contributed by atoms with E-state index in [1.807, 2.05) is 0 Å². The van der Waals surface area contributed by atoms with Gasteiger partial charge < -0.3 is 45.4 Å². The second-order valence-electron chi connectivity index (χ2n) is 17.1. The minimum Gasteiger partial charge on any atom is -0.394 e. The molecule has 0 saturated carbocycles. The Balaban J connectivity index is 2.32. The standard InChI is InChI=1S/C46H91NO9/c1-3-5-7-9-11-13-15-16-17-18-19-20-21-22-23-25-27-29-31-33-35-41(50)47-38(37-55-46-45(54)44(53)43(52)40(36-48)56-46)42(51)39(49)34-32-30-28-26-24-14-12-10-8-6-4-2/h38-40,42-46,48-49,51-54H,3-37H2,1-2H3,(H,47,50)/t38-,39+,40+,42-,43-,44?,45?,46+/m0/s1. The number of aliphatic hydroxyl groups is 6. The van der Waals surface area contributed by atoms with Crippen molar-refractivity contribution in [3.05, 3.63) is 0 Å². The number of carbonyl (C=O) groups is 1. The lowest BCUT2D eigenvalue weighted by atomic mass is 9.98. The van der Waals surface area contributed by atoms with E-state index in [0.717, 1.165) is 44.9 Å². The minimum atomic E-state index is -1.60. The number of nitrogens with one attached hydrogen (secondary N) is 1. The molecule has 2 unspecified atom stereocenters. The van der Waals surface area contributed by atoms with Crippen molar-refractivity contribution in [3.63, 3.8) is 0 Å². The third kappa shape index (κ3) is 27.0. The maximum Gasteiger partial charge on any atom is 0.220 e. The lowest BCUT2D eigenvalue weighted by Crippen LogP contribution is -2.60. The molecule has 7 N–H and O–H groups in total. The van der Waals surface area contributed by atoms with E-state index in [2.05, 4.69) is 19.2 Å². The van der Waals surface area contributed by atoms with Crippen LogP contribution in [0.4, 0.5) is 0 Å². The zero-order valence-electron chi connectivity index (χ0n) is 36.3. The molecular formula is C46H91NO9. The molecule has 1 aliphatic heterocycles. The lowest BCUT2D eigenvalue weighted by molar-refractivity contribution is -0.303.